The van der Waals surface area contributed by atoms with E-state index in [1.54, 1.807) is 20.8 Å². The van der Waals surface area contributed by atoms with Gasteiger partial charge in [0.2, 0.25) is 0 Å². The van der Waals surface area contributed by atoms with Crippen LogP contribution >= 0.6 is 0 Å². The molecule has 0 aromatic heterocycles. The first-order valence-corrected chi connectivity index (χ1v) is 7.50. The fraction of sp³-hybridized carbons (Fsp3) is 0.875. The lowest BCUT2D eigenvalue weighted by Crippen LogP contribution is -2.46. The number of hydrogen-bond acceptors (Lipinski definition) is 3. The van der Waals surface area contributed by atoms with Gasteiger partial charge in [-0.15, -0.1) is 0 Å². The molecule has 118 valence electrons. The first-order chi connectivity index (χ1) is 9.05. The molecular weight excluding hydrogens is 256 g/mol. The van der Waals surface area contributed by atoms with E-state index in [-0.39, 0.29) is 17.9 Å². The molecule has 4 nitrogen and oxygen atoms in total. The maximum absolute atomic E-state index is 12.5. The third-order valence-electron chi connectivity index (χ3n) is 4.08. The standard InChI is InChI=1S/C16H30O4/c1-10(2)8-9-16(12(5)6,14(17)18)15(19)20-13(7)11(3)4/h10-13H,8-9H2,1-7H3,(H,17,18). The molecule has 0 saturated carbocycles. The normalized spacial score (nSPS) is 16.3. The number of esters is 1. The maximum atomic E-state index is 12.5. The van der Waals surface area contributed by atoms with Gasteiger partial charge in [0.25, 0.3) is 0 Å². The molecule has 0 aliphatic carbocycles. The lowest BCUT2D eigenvalue weighted by atomic mass is 9.72. The summed E-state index contributed by atoms with van der Waals surface area (Å²) in [6.07, 6.45) is 0.732. The second-order valence-electron chi connectivity index (χ2n) is 6.72. The highest BCUT2D eigenvalue weighted by atomic mass is 16.5. The van der Waals surface area contributed by atoms with E-state index in [4.69, 9.17) is 4.74 Å². The summed E-state index contributed by atoms with van der Waals surface area (Å²) in [5.41, 5.74) is -1.44. The third-order valence-corrected chi connectivity index (χ3v) is 4.08. The predicted octanol–water partition coefficient (Wildman–Crippen LogP) is 3.74. The zero-order chi connectivity index (χ0) is 16.1. The van der Waals surface area contributed by atoms with Crippen molar-refractivity contribution in [2.45, 2.75) is 67.4 Å². The van der Waals surface area contributed by atoms with Gasteiger partial charge in [-0.2, -0.15) is 0 Å². The number of carboxylic acids is 1. The minimum Gasteiger partial charge on any atom is -0.480 e. The van der Waals surface area contributed by atoms with Crippen LogP contribution in [0.3, 0.4) is 0 Å². The van der Waals surface area contributed by atoms with Crippen molar-refractivity contribution in [1.29, 1.82) is 0 Å². The molecule has 0 radical (unpaired) electrons. The highest BCUT2D eigenvalue weighted by Gasteiger charge is 2.50. The van der Waals surface area contributed by atoms with Crippen LogP contribution < -0.4 is 0 Å². The molecular formula is C16H30O4. The van der Waals surface area contributed by atoms with Crippen LogP contribution in [0, 0.1) is 23.2 Å². The van der Waals surface area contributed by atoms with Crippen LogP contribution in [0.5, 0.6) is 0 Å². The average Bonchev–Trinajstić information content (AvgIpc) is 2.27. The second-order valence-corrected chi connectivity index (χ2v) is 6.72. The van der Waals surface area contributed by atoms with E-state index < -0.39 is 17.4 Å². The number of carbonyl (C=O) groups excluding carboxylic acids is 1. The van der Waals surface area contributed by atoms with Gasteiger partial charge in [0.1, 0.15) is 6.10 Å². The zero-order valence-electron chi connectivity index (χ0n) is 13.9. The number of rotatable bonds is 8. The fourth-order valence-electron chi connectivity index (χ4n) is 1.99. The number of carboxylic acid groups (broad SMARTS) is 1. The van der Waals surface area contributed by atoms with Crippen molar-refractivity contribution in [3.8, 4) is 0 Å². The van der Waals surface area contributed by atoms with Gasteiger partial charge in [0.05, 0.1) is 0 Å². The van der Waals surface area contributed by atoms with Crippen LogP contribution in [0.4, 0.5) is 0 Å². The second kappa shape index (κ2) is 7.65. The Labute approximate surface area is 122 Å². The van der Waals surface area contributed by atoms with Gasteiger partial charge >= 0.3 is 11.9 Å². The summed E-state index contributed by atoms with van der Waals surface area (Å²) in [6, 6.07) is 0. The number of aliphatic carboxylic acids is 1. The molecule has 0 aliphatic heterocycles. The molecule has 1 N–H and O–H groups in total. The summed E-state index contributed by atoms with van der Waals surface area (Å²) in [5, 5.41) is 9.63. The van der Waals surface area contributed by atoms with Crippen molar-refractivity contribution in [3.05, 3.63) is 0 Å². The minimum atomic E-state index is -1.44. The molecule has 4 heteroatoms. The van der Waals surface area contributed by atoms with Crippen LogP contribution in [-0.2, 0) is 14.3 Å². The maximum Gasteiger partial charge on any atom is 0.324 e. The molecule has 0 rings (SSSR count). The first-order valence-electron chi connectivity index (χ1n) is 7.50. The van der Waals surface area contributed by atoms with Crippen LogP contribution in [0.2, 0.25) is 0 Å². The lowest BCUT2D eigenvalue weighted by molar-refractivity contribution is -0.178. The Balaban J connectivity index is 5.28. The van der Waals surface area contributed by atoms with Crippen LogP contribution in [-0.4, -0.2) is 23.1 Å². The van der Waals surface area contributed by atoms with E-state index in [1.165, 1.54) is 0 Å². The number of ether oxygens (including phenoxy) is 1. The average molecular weight is 286 g/mol. The van der Waals surface area contributed by atoms with Gasteiger partial charge in [-0.3, -0.25) is 9.59 Å². The van der Waals surface area contributed by atoms with Crippen molar-refractivity contribution in [3.63, 3.8) is 0 Å². The van der Waals surface area contributed by atoms with Crippen LogP contribution in [0.25, 0.3) is 0 Å². The van der Waals surface area contributed by atoms with E-state index in [0.29, 0.717) is 18.8 Å². The van der Waals surface area contributed by atoms with Crippen molar-refractivity contribution < 1.29 is 19.4 Å². The van der Waals surface area contributed by atoms with E-state index in [2.05, 4.69) is 0 Å². The van der Waals surface area contributed by atoms with Gasteiger partial charge in [-0.1, -0.05) is 41.5 Å². The Hall–Kier alpha value is -1.06. The molecule has 0 aliphatic rings. The lowest BCUT2D eigenvalue weighted by Gasteiger charge is -2.33. The highest BCUT2D eigenvalue weighted by molar-refractivity contribution is 5.99. The topological polar surface area (TPSA) is 63.6 Å². The molecule has 0 heterocycles. The summed E-state index contributed by atoms with van der Waals surface area (Å²) >= 11 is 0. The van der Waals surface area contributed by atoms with Gasteiger partial charge in [0, 0.05) is 0 Å². The van der Waals surface area contributed by atoms with E-state index in [9.17, 15) is 14.7 Å². The largest absolute Gasteiger partial charge is 0.480 e. The molecule has 0 aromatic rings. The highest BCUT2D eigenvalue weighted by Crippen LogP contribution is 2.37. The van der Waals surface area contributed by atoms with E-state index in [0.717, 1.165) is 0 Å². The predicted molar refractivity (Wildman–Crippen MR) is 79.4 cm³/mol. The molecule has 2 atom stereocenters. The van der Waals surface area contributed by atoms with E-state index in [1.807, 2.05) is 27.7 Å². The number of carbonyl (C=O) groups is 2. The summed E-state index contributed by atoms with van der Waals surface area (Å²) in [5.74, 6) is -1.45. The smallest absolute Gasteiger partial charge is 0.324 e. The van der Waals surface area contributed by atoms with Gasteiger partial charge in [0.15, 0.2) is 5.41 Å². The van der Waals surface area contributed by atoms with Crippen LogP contribution in [0.15, 0.2) is 0 Å². The summed E-state index contributed by atoms with van der Waals surface area (Å²) in [6.45, 7) is 13.3. The SMILES string of the molecule is CC(C)CCC(C(=O)O)(C(=O)OC(C)C(C)C)C(C)C. The minimum absolute atomic E-state index is 0.169. The van der Waals surface area contributed by atoms with E-state index >= 15 is 0 Å². The van der Waals surface area contributed by atoms with Crippen molar-refractivity contribution >= 4 is 11.9 Å². The van der Waals surface area contributed by atoms with Gasteiger partial charge < -0.3 is 9.84 Å². The summed E-state index contributed by atoms with van der Waals surface area (Å²) < 4.78 is 5.41. The molecule has 0 amide bonds. The zero-order valence-corrected chi connectivity index (χ0v) is 13.9. The summed E-state index contributed by atoms with van der Waals surface area (Å²) in [4.78, 5) is 24.2. The Morgan fingerprint density at radius 3 is 1.85 bits per heavy atom. The van der Waals surface area contributed by atoms with Crippen molar-refractivity contribution in [1.82, 2.24) is 0 Å². The monoisotopic (exact) mass is 286 g/mol. The Morgan fingerprint density at radius 1 is 1.05 bits per heavy atom. The first kappa shape index (κ1) is 18.9. The molecule has 2 unspecified atom stereocenters. The van der Waals surface area contributed by atoms with Crippen molar-refractivity contribution in [2.24, 2.45) is 23.2 Å². The molecule has 20 heavy (non-hydrogen) atoms. The molecule has 0 bridgehead atoms. The molecule has 0 aromatic carbocycles. The quantitative estimate of drug-likeness (QED) is 0.545. The molecule has 0 spiro atoms. The van der Waals surface area contributed by atoms with Gasteiger partial charge in [-0.25, -0.2) is 0 Å². The Bertz CT molecular complexity index is 333. The van der Waals surface area contributed by atoms with Crippen molar-refractivity contribution in [2.75, 3.05) is 0 Å². The molecule has 0 saturated heterocycles. The molecule has 0 fully saturated rings. The fourth-order valence-corrected chi connectivity index (χ4v) is 1.99. The van der Waals surface area contributed by atoms with Gasteiger partial charge in [-0.05, 0) is 37.5 Å². The van der Waals surface area contributed by atoms with Crippen LogP contribution in [0.1, 0.15) is 61.3 Å². The number of hydrogen-bond donors (Lipinski definition) is 1. The Morgan fingerprint density at radius 2 is 1.55 bits per heavy atom. The third kappa shape index (κ3) is 4.50. The summed E-state index contributed by atoms with van der Waals surface area (Å²) in [7, 11) is 0. The Kier molecular flexibility index (Phi) is 7.25.